The number of hydrogen-bond donors (Lipinski definition) is 0. The number of piperidine rings is 1. The summed E-state index contributed by atoms with van der Waals surface area (Å²) in [6, 6.07) is 0. The third-order valence-electron chi connectivity index (χ3n) is 4.40. The van der Waals surface area contributed by atoms with Gasteiger partial charge in [-0.2, -0.15) is 0 Å². The number of rotatable bonds is 3. The number of hydrogen-bond acceptors (Lipinski definition) is 2. The van der Waals surface area contributed by atoms with Gasteiger partial charge in [0.05, 0.1) is 7.59 Å². The van der Waals surface area contributed by atoms with Crippen molar-refractivity contribution >= 4 is 15.3 Å². The minimum atomic E-state index is -1.20. The molecule has 1 fully saturated rings. The van der Waals surface area contributed by atoms with Crippen molar-refractivity contribution < 1.29 is 0 Å². The quantitative estimate of drug-likeness (QED) is 0.704. The Morgan fingerprint density at radius 1 is 0.867 bits per heavy atom. The predicted molar refractivity (Wildman–Crippen MR) is 74.0 cm³/mol. The van der Waals surface area contributed by atoms with Crippen LogP contribution in [0.5, 0.6) is 0 Å². The van der Waals surface area contributed by atoms with Crippen LogP contribution >= 0.6 is 0 Å². The molecule has 0 atom stereocenters. The van der Waals surface area contributed by atoms with Gasteiger partial charge in [0.1, 0.15) is 7.75 Å². The smallest absolute Gasteiger partial charge is 0.129 e. The summed E-state index contributed by atoms with van der Waals surface area (Å²) in [6.07, 6.45) is 4.21. The summed E-state index contributed by atoms with van der Waals surface area (Å²) in [7, 11) is 0.137. The Bertz CT molecular complexity index is 205. The molecular weight excluding hydrogens is 216 g/mol. The lowest BCUT2D eigenvalue weighted by molar-refractivity contribution is 0.0531. The molecule has 0 N–H and O–H groups in total. The second kappa shape index (κ2) is 4.69. The van der Waals surface area contributed by atoms with Crippen LogP contribution in [0.25, 0.3) is 0 Å². The molecule has 1 aliphatic heterocycles. The second-order valence-electron chi connectivity index (χ2n) is 6.35. The monoisotopic (exact) mass is 244 g/mol. The molecule has 0 aromatic rings. The Morgan fingerprint density at radius 2 is 1.33 bits per heavy atom. The average molecular weight is 245 g/mol. The highest BCUT2D eigenvalue weighted by Gasteiger charge is 2.42. The predicted octanol–water partition coefficient (Wildman–Crippen LogP) is 2.94. The summed E-state index contributed by atoms with van der Waals surface area (Å²) >= 11 is 0. The van der Waals surface area contributed by atoms with E-state index in [4.69, 9.17) is 0 Å². The lowest BCUT2D eigenvalue weighted by atomic mass is 10.2. The zero-order chi connectivity index (χ0) is 11.7. The van der Waals surface area contributed by atoms with Crippen molar-refractivity contribution in [2.75, 3.05) is 20.1 Å². The van der Waals surface area contributed by atoms with Gasteiger partial charge in [-0.1, -0.05) is 39.2 Å². The van der Waals surface area contributed by atoms with Gasteiger partial charge in [0.25, 0.3) is 0 Å². The summed E-state index contributed by atoms with van der Waals surface area (Å²) < 4.78 is 2.67. The second-order valence-corrected chi connectivity index (χ2v) is 22.8. The molecule has 15 heavy (non-hydrogen) atoms. The highest BCUT2D eigenvalue weighted by molar-refractivity contribution is 7.39. The summed E-state index contributed by atoms with van der Waals surface area (Å²) in [6.45, 7) is 15.3. The number of nitrogens with zero attached hydrogens (tertiary/aromatic N) is 2. The summed E-state index contributed by atoms with van der Waals surface area (Å²) in [5.74, 6) is 0. The first-order valence-corrected chi connectivity index (χ1v) is 13.7. The molecule has 2 nitrogen and oxygen atoms in total. The van der Waals surface area contributed by atoms with E-state index in [-0.39, 0.29) is 0 Å². The standard InChI is InChI=1S/C11H28N2Si2/c1-12(13-10-8-7-9-11-13)15(5,6)14(2,3)4/h7-11H2,1-6H3. The molecule has 0 radical (unpaired) electrons. The minimum Gasteiger partial charge on any atom is -0.270 e. The molecule has 0 bridgehead atoms. The summed E-state index contributed by atoms with van der Waals surface area (Å²) in [5.41, 5.74) is 0. The van der Waals surface area contributed by atoms with Crippen LogP contribution in [0.15, 0.2) is 0 Å². The fraction of sp³-hybridized carbons (Fsp3) is 1.00. The average Bonchev–Trinajstić information content (AvgIpc) is 2.16. The largest absolute Gasteiger partial charge is 0.270 e. The van der Waals surface area contributed by atoms with Crippen LogP contribution in [0.3, 0.4) is 0 Å². The number of hydrazine groups is 1. The molecule has 0 spiro atoms. The van der Waals surface area contributed by atoms with Crippen molar-refractivity contribution in [3.05, 3.63) is 0 Å². The van der Waals surface area contributed by atoms with E-state index in [0.717, 1.165) is 0 Å². The van der Waals surface area contributed by atoms with Crippen LogP contribution in [-0.4, -0.2) is 45.2 Å². The van der Waals surface area contributed by atoms with Gasteiger partial charge >= 0.3 is 0 Å². The van der Waals surface area contributed by atoms with Gasteiger partial charge < -0.3 is 0 Å². The molecule has 0 saturated carbocycles. The van der Waals surface area contributed by atoms with Crippen molar-refractivity contribution in [1.82, 2.24) is 9.68 Å². The van der Waals surface area contributed by atoms with E-state index in [1.165, 1.54) is 32.4 Å². The van der Waals surface area contributed by atoms with Gasteiger partial charge in [0.15, 0.2) is 0 Å². The lowest BCUT2D eigenvalue weighted by Gasteiger charge is -2.49. The zero-order valence-corrected chi connectivity index (χ0v) is 13.4. The van der Waals surface area contributed by atoms with Crippen molar-refractivity contribution in [1.29, 1.82) is 0 Å². The maximum atomic E-state index is 2.67. The van der Waals surface area contributed by atoms with Crippen molar-refractivity contribution in [2.24, 2.45) is 0 Å². The van der Waals surface area contributed by atoms with Crippen LogP contribution in [0.1, 0.15) is 19.3 Å². The van der Waals surface area contributed by atoms with Crippen LogP contribution in [0.4, 0.5) is 0 Å². The van der Waals surface area contributed by atoms with E-state index in [2.05, 4.69) is 49.5 Å². The maximum absolute atomic E-state index is 2.67. The molecular formula is C11H28N2Si2. The molecule has 0 aliphatic carbocycles. The van der Waals surface area contributed by atoms with Crippen molar-refractivity contribution in [2.45, 2.75) is 52.0 Å². The fourth-order valence-electron chi connectivity index (χ4n) is 2.02. The van der Waals surface area contributed by atoms with Crippen LogP contribution in [0.2, 0.25) is 32.7 Å². The third-order valence-corrected chi connectivity index (χ3v) is 22.0. The highest BCUT2D eigenvalue weighted by atomic mass is 29.3. The van der Waals surface area contributed by atoms with Gasteiger partial charge in [-0.25, -0.2) is 5.01 Å². The molecule has 4 heteroatoms. The minimum absolute atomic E-state index is 1.01. The van der Waals surface area contributed by atoms with E-state index in [1.807, 2.05) is 0 Å². The molecule has 1 heterocycles. The molecule has 1 saturated heterocycles. The van der Waals surface area contributed by atoms with Gasteiger partial charge in [0, 0.05) is 13.1 Å². The molecule has 0 aromatic heterocycles. The topological polar surface area (TPSA) is 6.48 Å². The van der Waals surface area contributed by atoms with Gasteiger partial charge in [-0.3, -0.25) is 4.67 Å². The van der Waals surface area contributed by atoms with Crippen LogP contribution in [0, 0.1) is 0 Å². The summed E-state index contributed by atoms with van der Waals surface area (Å²) in [5, 5.41) is 2.62. The molecule has 90 valence electrons. The first-order chi connectivity index (χ1) is 6.77. The van der Waals surface area contributed by atoms with Gasteiger partial charge in [-0.15, -0.1) is 0 Å². The normalized spacial score (nSPS) is 21.0. The van der Waals surface area contributed by atoms with E-state index in [1.54, 1.807) is 0 Å². The van der Waals surface area contributed by atoms with Gasteiger partial charge in [-0.05, 0) is 19.9 Å². The van der Waals surface area contributed by atoms with Crippen molar-refractivity contribution in [3.63, 3.8) is 0 Å². The molecule has 1 rings (SSSR count). The fourth-order valence-corrected chi connectivity index (χ4v) is 7.23. The zero-order valence-electron chi connectivity index (χ0n) is 11.4. The third kappa shape index (κ3) is 2.93. The first kappa shape index (κ1) is 13.4. The Labute approximate surface area is 97.5 Å². The van der Waals surface area contributed by atoms with Crippen LogP contribution in [-0.2, 0) is 0 Å². The van der Waals surface area contributed by atoms with Crippen molar-refractivity contribution in [3.8, 4) is 0 Å². The molecule has 0 unspecified atom stereocenters. The first-order valence-electron chi connectivity index (χ1n) is 6.25. The Morgan fingerprint density at radius 3 is 1.73 bits per heavy atom. The summed E-state index contributed by atoms with van der Waals surface area (Å²) in [4.78, 5) is 0. The lowest BCUT2D eigenvalue weighted by Crippen LogP contribution is -2.68. The Hall–Kier alpha value is 0.354. The SMILES string of the molecule is CN(N1CCCCC1)[Si](C)(C)[Si](C)(C)C. The van der Waals surface area contributed by atoms with E-state index in [9.17, 15) is 0 Å². The molecule has 1 aliphatic rings. The van der Waals surface area contributed by atoms with Crippen LogP contribution < -0.4 is 0 Å². The Kier molecular flexibility index (Phi) is 4.20. The van der Waals surface area contributed by atoms with Gasteiger partial charge in [0.2, 0.25) is 0 Å². The Balaban J connectivity index is 2.69. The highest BCUT2D eigenvalue weighted by Crippen LogP contribution is 2.24. The maximum Gasteiger partial charge on any atom is 0.129 e. The molecule has 0 amide bonds. The van der Waals surface area contributed by atoms with E-state index in [0.29, 0.717) is 0 Å². The molecule has 0 aromatic carbocycles. The van der Waals surface area contributed by atoms with E-state index < -0.39 is 15.3 Å². The van der Waals surface area contributed by atoms with E-state index >= 15 is 0 Å².